The summed E-state index contributed by atoms with van der Waals surface area (Å²) in [6.07, 6.45) is 0.115. The van der Waals surface area contributed by atoms with Crippen LogP contribution in [0.4, 0.5) is 0 Å². The third-order valence-electron chi connectivity index (χ3n) is 5.19. The van der Waals surface area contributed by atoms with Crippen LogP contribution in [0.5, 0.6) is 5.75 Å². The molecule has 0 spiro atoms. The van der Waals surface area contributed by atoms with Gasteiger partial charge in [0.05, 0.1) is 11.7 Å². The second-order valence-corrected chi connectivity index (χ2v) is 6.85. The van der Waals surface area contributed by atoms with Gasteiger partial charge in [-0.1, -0.05) is 0 Å². The number of ketones is 2. The first kappa shape index (κ1) is 16.1. The van der Waals surface area contributed by atoms with Crippen molar-refractivity contribution in [3.8, 4) is 5.75 Å². The van der Waals surface area contributed by atoms with E-state index in [1.54, 1.807) is 26.8 Å². The summed E-state index contributed by atoms with van der Waals surface area (Å²) in [6.45, 7) is 6.57. The van der Waals surface area contributed by atoms with Crippen molar-refractivity contribution in [2.24, 2.45) is 0 Å². The van der Waals surface area contributed by atoms with Gasteiger partial charge in [-0.25, -0.2) is 0 Å². The Balaban J connectivity index is 2.07. The van der Waals surface area contributed by atoms with E-state index in [0.717, 1.165) is 0 Å². The Morgan fingerprint density at radius 3 is 2.52 bits per heavy atom. The van der Waals surface area contributed by atoms with Gasteiger partial charge in [-0.15, -0.1) is 0 Å². The molecule has 0 radical (unpaired) electrons. The van der Waals surface area contributed by atoms with Crippen LogP contribution < -0.4 is 0 Å². The van der Waals surface area contributed by atoms with Crippen LogP contribution in [0.2, 0.25) is 0 Å². The van der Waals surface area contributed by atoms with Crippen molar-refractivity contribution in [2.75, 3.05) is 0 Å². The molecule has 3 aliphatic rings. The molecule has 0 fully saturated rings. The molecule has 0 bridgehead atoms. The highest BCUT2D eigenvalue weighted by Crippen LogP contribution is 2.50. The first-order valence-electron chi connectivity index (χ1n) is 8.12. The van der Waals surface area contributed by atoms with Crippen molar-refractivity contribution in [3.63, 3.8) is 0 Å². The maximum absolute atomic E-state index is 12.6. The van der Waals surface area contributed by atoms with Crippen molar-refractivity contribution in [1.29, 1.82) is 0 Å². The lowest BCUT2D eigenvalue weighted by molar-refractivity contribution is -0.116. The summed E-state index contributed by atoms with van der Waals surface area (Å²) < 4.78 is 11.0. The molecule has 2 heterocycles. The first-order chi connectivity index (χ1) is 11.6. The van der Waals surface area contributed by atoms with E-state index in [-0.39, 0.29) is 22.9 Å². The number of aliphatic hydroxyl groups is 1. The van der Waals surface area contributed by atoms with Crippen LogP contribution in [0.15, 0.2) is 23.5 Å². The summed E-state index contributed by atoms with van der Waals surface area (Å²) in [5, 5.41) is 21.1. The quantitative estimate of drug-likeness (QED) is 0.753. The number of phenolic OH excluding ortho intramolecular Hbond substituents is 1. The molecule has 1 aromatic rings. The van der Waals surface area contributed by atoms with E-state index in [1.807, 2.05) is 0 Å². The van der Waals surface area contributed by atoms with Gasteiger partial charge >= 0.3 is 0 Å². The fourth-order valence-electron chi connectivity index (χ4n) is 3.79. The van der Waals surface area contributed by atoms with Gasteiger partial charge in [0, 0.05) is 40.8 Å². The molecular formula is C19H18O6. The lowest BCUT2D eigenvalue weighted by Gasteiger charge is -2.30. The van der Waals surface area contributed by atoms with Crippen LogP contribution in [0.3, 0.4) is 0 Å². The molecule has 0 saturated heterocycles. The summed E-state index contributed by atoms with van der Waals surface area (Å²) in [6, 6.07) is 1.61. The molecule has 3 atom stereocenters. The van der Waals surface area contributed by atoms with Crippen molar-refractivity contribution in [3.05, 3.63) is 45.7 Å². The third-order valence-corrected chi connectivity index (χ3v) is 5.19. The summed E-state index contributed by atoms with van der Waals surface area (Å²) >= 11 is 0. The van der Waals surface area contributed by atoms with E-state index in [0.29, 0.717) is 27.8 Å². The molecule has 2 N–H and O–H groups in total. The zero-order valence-corrected chi connectivity index (χ0v) is 14.3. The number of rotatable bonds is 0. The second-order valence-electron chi connectivity index (χ2n) is 6.85. The van der Waals surface area contributed by atoms with Gasteiger partial charge in [-0.05, 0) is 26.8 Å². The number of aromatic hydroxyl groups is 1. The number of phenols is 1. The molecule has 1 aromatic carbocycles. The number of allylic oxidation sites excluding steroid dienone is 2. The minimum atomic E-state index is -1.54. The van der Waals surface area contributed by atoms with Gasteiger partial charge < -0.3 is 19.7 Å². The van der Waals surface area contributed by atoms with Crippen LogP contribution in [-0.2, 0) is 9.47 Å². The Labute approximate surface area is 144 Å². The summed E-state index contributed by atoms with van der Waals surface area (Å²) in [5.41, 5.74) is 2.24. The van der Waals surface area contributed by atoms with E-state index >= 15 is 0 Å². The molecule has 1 aliphatic carbocycles. The number of carbonyl (C=O) groups excluding carboxylic acids is 2. The number of hydrogen-bond donors (Lipinski definition) is 2. The van der Waals surface area contributed by atoms with Gasteiger partial charge in [0.1, 0.15) is 17.6 Å². The highest BCUT2D eigenvalue weighted by Gasteiger charge is 2.44. The monoisotopic (exact) mass is 342 g/mol. The fraction of sp³-hybridized carbons (Fsp3) is 0.368. The van der Waals surface area contributed by atoms with Crippen LogP contribution in [-0.4, -0.2) is 33.7 Å². The number of carbonyl (C=O) groups is 2. The lowest BCUT2D eigenvalue weighted by Crippen LogP contribution is -2.30. The molecule has 6 heteroatoms. The molecule has 3 unspecified atom stereocenters. The molecule has 0 saturated carbocycles. The van der Waals surface area contributed by atoms with Gasteiger partial charge in [-0.3, -0.25) is 9.59 Å². The standard InChI is InChI=1S/C19H18O6/c1-7-14-10-5-11-15(8(2)24-9(3)17(11)21)18(22)16(10)12(20)6-13(14)25-19(7,4)23/h5-6,8-9,22-23H,1-4H3. The van der Waals surface area contributed by atoms with Crippen LogP contribution in [0.25, 0.3) is 5.57 Å². The fourth-order valence-corrected chi connectivity index (χ4v) is 3.79. The Kier molecular flexibility index (Phi) is 3.08. The van der Waals surface area contributed by atoms with Gasteiger partial charge in [0.15, 0.2) is 11.6 Å². The predicted molar refractivity (Wildman–Crippen MR) is 88.1 cm³/mol. The number of benzene rings is 1. The molecule has 0 aromatic heterocycles. The largest absolute Gasteiger partial charge is 0.507 e. The molecule has 0 amide bonds. The molecule has 4 rings (SSSR count). The van der Waals surface area contributed by atoms with Crippen LogP contribution >= 0.6 is 0 Å². The predicted octanol–water partition coefficient (Wildman–Crippen LogP) is 2.65. The third kappa shape index (κ3) is 1.98. The number of hydrogen-bond acceptors (Lipinski definition) is 6. The molecule has 130 valence electrons. The Hall–Kier alpha value is -2.44. The maximum atomic E-state index is 12.6. The summed E-state index contributed by atoms with van der Waals surface area (Å²) in [4.78, 5) is 25.1. The zero-order valence-electron chi connectivity index (χ0n) is 14.3. The Morgan fingerprint density at radius 1 is 1.16 bits per heavy atom. The molecule has 6 nitrogen and oxygen atoms in total. The van der Waals surface area contributed by atoms with Gasteiger partial charge in [0.25, 0.3) is 0 Å². The highest BCUT2D eigenvalue weighted by atomic mass is 16.6. The van der Waals surface area contributed by atoms with Crippen molar-refractivity contribution < 1.29 is 29.3 Å². The normalized spacial score (nSPS) is 30.5. The highest BCUT2D eigenvalue weighted by molar-refractivity contribution is 6.17. The minimum Gasteiger partial charge on any atom is -0.507 e. The topological polar surface area (TPSA) is 93.1 Å². The van der Waals surface area contributed by atoms with E-state index < -0.39 is 23.8 Å². The van der Waals surface area contributed by atoms with E-state index in [2.05, 4.69) is 0 Å². The van der Waals surface area contributed by atoms with Gasteiger partial charge in [-0.2, -0.15) is 0 Å². The molecule has 25 heavy (non-hydrogen) atoms. The maximum Gasteiger partial charge on any atom is 0.228 e. The van der Waals surface area contributed by atoms with Crippen LogP contribution in [0.1, 0.15) is 65.6 Å². The van der Waals surface area contributed by atoms with Crippen molar-refractivity contribution in [2.45, 2.75) is 45.7 Å². The Morgan fingerprint density at radius 2 is 1.84 bits per heavy atom. The first-order valence-corrected chi connectivity index (χ1v) is 8.12. The van der Waals surface area contributed by atoms with E-state index in [4.69, 9.17) is 9.47 Å². The van der Waals surface area contributed by atoms with Crippen molar-refractivity contribution >= 4 is 17.1 Å². The smallest absolute Gasteiger partial charge is 0.228 e. The van der Waals surface area contributed by atoms with E-state index in [9.17, 15) is 19.8 Å². The van der Waals surface area contributed by atoms with Crippen molar-refractivity contribution in [1.82, 2.24) is 0 Å². The summed E-state index contributed by atoms with van der Waals surface area (Å²) in [5.74, 6) is -2.22. The molecular weight excluding hydrogens is 324 g/mol. The minimum absolute atomic E-state index is 0.107. The van der Waals surface area contributed by atoms with Gasteiger partial charge in [0.2, 0.25) is 5.79 Å². The molecule has 2 aliphatic heterocycles. The van der Waals surface area contributed by atoms with Crippen LogP contribution in [0, 0.1) is 0 Å². The average Bonchev–Trinajstić information content (AvgIpc) is 2.73. The number of fused-ring (bicyclic) bond motifs is 4. The zero-order chi connectivity index (χ0) is 18.3. The Bertz CT molecular complexity index is 918. The van der Waals surface area contributed by atoms with E-state index in [1.165, 1.54) is 13.0 Å². The second kappa shape index (κ2) is 4.80. The average molecular weight is 342 g/mol. The SMILES string of the molecule is CC1=C2C(=CC(=O)c3c2cc2c(c3O)C(C)OC(C)C2=O)OC1(C)O. The number of ether oxygens (including phenoxy) is 2. The lowest BCUT2D eigenvalue weighted by atomic mass is 9.81. The summed E-state index contributed by atoms with van der Waals surface area (Å²) in [7, 11) is 0. The number of Topliss-reactive ketones (excluding diaryl/α,β-unsaturated/α-hetero) is 1.